The minimum Gasteiger partial charge on any atom is -0.349 e. The van der Waals surface area contributed by atoms with Crippen molar-refractivity contribution in [1.82, 2.24) is 5.32 Å². The van der Waals surface area contributed by atoms with E-state index in [-0.39, 0.29) is 11.3 Å². The molecule has 0 bridgehead atoms. The molecule has 0 heterocycles. The second kappa shape index (κ2) is 6.43. The lowest BCUT2D eigenvalue weighted by Crippen LogP contribution is -2.32. The molecule has 0 aliphatic heterocycles. The van der Waals surface area contributed by atoms with E-state index in [9.17, 15) is 4.79 Å². The maximum atomic E-state index is 12.2. The van der Waals surface area contributed by atoms with Crippen LogP contribution in [-0.2, 0) is 5.41 Å². The number of rotatable bonds is 5. The van der Waals surface area contributed by atoms with Crippen molar-refractivity contribution < 1.29 is 4.79 Å². The van der Waals surface area contributed by atoms with Gasteiger partial charge < -0.3 is 5.32 Å². The molecule has 1 aliphatic carbocycles. The fourth-order valence-electron chi connectivity index (χ4n) is 3.02. The van der Waals surface area contributed by atoms with Crippen molar-refractivity contribution in [2.24, 2.45) is 0 Å². The van der Waals surface area contributed by atoms with E-state index >= 15 is 0 Å². The van der Waals surface area contributed by atoms with Crippen molar-refractivity contribution in [2.75, 3.05) is 0 Å². The van der Waals surface area contributed by atoms with E-state index in [1.165, 1.54) is 18.4 Å². The highest BCUT2D eigenvalue weighted by atomic mass is 16.1. The van der Waals surface area contributed by atoms with Gasteiger partial charge in [0.1, 0.15) is 0 Å². The van der Waals surface area contributed by atoms with Crippen LogP contribution in [0.5, 0.6) is 0 Å². The lowest BCUT2D eigenvalue weighted by molar-refractivity contribution is 0.0938. The Kier molecular flexibility index (Phi) is 4.85. The molecule has 0 aromatic heterocycles. The summed E-state index contributed by atoms with van der Waals surface area (Å²) in [5.74, 6) is 0.0816. The summed E-state index contributed by atoms with van der Waals surface area (Å²) in [6.07, 6.45) is 7.00. The van der Waals surface area contributed by atoms with E-state index in [1.807, 2.05) is 12.1 Å². The first-order valence-corrected chi connectivity index (χ1v) is 8.00. The van der Waals surface area contributed by atoms with Gasteiger partial charge >= 0.3 is 0 Å². The number of amides is 1. The first-order valence-electron chi connectivity index (χ1n) is 8.00. The molecule has 0 atom stereocenters. The van der Waals surface area contributed by atoms with Crippen LogP contribution >= 0.6 is 0 Å². The fourth-order valence-corrected chi connectivity index (χ4v) is 3.02. The average molecular weight is 273 g/mol. The van der Waals surface area contributed by atoms with E-state index in [2.05, 4.69) is 38.2 Å². The summed E-state index contributed by atoms with van der Waals surface area (Å²) in [6, 6.07) is 8.58. The maximum absolute atomic E-state index is 12.2. The second-order valence-electron chi connectivity index (χ2n) is 6.30. The van der Waals surface area contributed by atoms with Gasteiger partial charge in [0.05, 0.1) is 0 Å². The molecule has 2 nitrogen and oxygen atoms in total. The zero-order valence-corrected chi connectivity index (χ0v) is 13.0. The maximum Gasteiger partial charge on any atom is 0.251 e. The Morgan fingerprint density at radius 2 is 1.70 bits per heavy atom. The largest absolute Gasteiger partial charge is 0.349 e. The highest BCUT2D eigenvalue weighted by molar-refractivity contribution is 5.94. The molecular formula is C18H27NO. The predicted molar refractivity (Wildman–Crippen MR) is 84.1 cm³/mol. The van der Waals surface area contributed by atoms with Gasteiger partial charge in [-0.1, -0.05) is 45.7 Å². The monoisotopic (exact) mass is 273 g/mol. The van der Waals surface area contributed by atoms with Crippen molar-refractivity contribution in [2.45, 2.75) is 70.8 Å². The van der Waals surface area contributed by atoms with Crippen LogP contribution in [0.1, 0.15) is 75.2 Å². The van der Waals surface area contributed by atoms with E-state index in [0.717, 1.165) is 31.2 Å². The number of nitrogens with one attached hydrogen (secondary N) is 1. The average Bonchev–Trinajstić information content (AvgIpc) is 2.99. The molecule has 1 N–H and O–H groups in total. The quantitative estimate of drug-likeness (QED) is 0.844. The van der Waals surface area contributed by atoms with Crippen molar-refractivity contribution in [3.05, 3.63) is 35.4 Å². The second-order valence-corrected chi connectivity index (χ2v) is 6.30. The van der Waals surface area contributed by atoms with Crippen LogP contribution in [0.15, 0.2) is 24.3 Å². The molecule has 1 aliphatic rings. The van der Waals surface area contributed by atoms with E-state index in [1.54, 1.807) is 0 Å². The van der Waals surface area contributed by atoms with Crippen LogP contribution in [0.25, 0.3) is 0 Å². The Hall–Kier alpha value is -1.31. The van der Waals surface area contributed by atoms with Crippen LogP contribution < -0.4 is 5.32 Å². The smallest absolute Gasteiger partial charge is 0.251 e. The molecule has 1 saturated carbocycles. The van der Waals surface area contributed by atoms with Crippen molar-refractivity contribution in [1.29, 1.82) is 0 Å². The Labute approximate surface area is 123 Å². The van der Waals surface area contributed by atoms with Gasteiger partial charge in [0, 0.05) is 11.6 Å². The van der Waals surface area contributed by atoms with Gasteiger partial charge in [-0.05, 0) is 48.8 Å². The molecule has 2 rings (SSSR count). The molecule has 20 heavy (non-hydrogen) atoms. The third-order valence-corrected chi connectivity index (χ3v) is 5.10. The Morgan fingerprint density at radius 3 is 2.20 bits per heavy atom. The van der Waals surface area contributed by atoms with Crippen LogP contribution in [0.3, 0.4) is 0 Å². The van der Waals surface area contributed by atoms with Crippen LogP contribution in [0.2, 0.25) is 0 Å². The molecule has 1 fully saturated rings. The Morgan fingerprint density at radius 1 is 1.15 bits per heavy atom. The molecule has 0 spiro atoms. The van der Waals surface area contributed by atoms with Crippen molar-refractivity contribution in [3.8, 4) is 0 Å². The zero-order valence-electron chi connectivity index (χ0n) is 13.0. The van der Waals surface area contributed by atoms with Crippen LogP contribution in [0, 0.1) is 0 Å². The van der Waals surface area contributed by atoms with Gasteiger partial charge in [-0.2, -0.15) is 0 Å². The van der Waals surface area contributed by atoms with Gasteiger partial charge in [-0.3, -0.25) is 4.79 Å². The van der Waals surface area contributed by atoms with Gasteiger partial charge in [0.2, 0.25) is 0 Å². The zero-order chi connectivity index (χ0) is 14.6. The number of carbonyl (C=O) groups is 1. The van der Waals surface area contributed by atoms with Crippen LogP contribution in [-0.4, -0.2) is 11.9 Å². The minimum absolute atomic E-state index is 0.0816. The summed E-state index contributed by atoms with van der Waals surface area (Å²) >= 11 is 0. The Balaban J connectivity index is 2.05. The van der Waals surface area contributed by atoms with Crippen molar-refractivity contribution >= 4 is 5.91 Å². The molecule has 110 valence electrons. The summed E-state index contributed by atoms with van der Waals surface area (Å²) in [7, 11) is 0. The molecule has 0 radical (unpaired) electrons. The van der Waals surface area contributed by atoms with Crippen LogP contribution in [0.4, 0.5) is 0 Å². The number of hydrogen-bond donors (Lipinski definition) is 1. The molecule has 2 heteroatoms. The molecular weight excluding hydrogens is 246 g/mol. The number of carbonyl (C=O) groups excluding carboxylic acids is 1. The lowest BCUT2D eigenvalue weighted by atomic mass is 9.78. The van der Waals surface area contributed by atoms with Gasteiger partial charge in [0.15, 0.2) is 0 Å². The summed E-state index contributed by atoms with van der Waals surface area (Å²) in [4.78, 5) is 12.2. The Bertz CT molecular complexity index is 439. The molecule has 1 amide bonds. The van der Waals surface area contributed by atoms with Crippen molar-refractivity contribution in [3.63, 3.8) is 0 Å². The number of hydrogen-bond acceptors (Lipinski definition) is 1. The fraction of sp³-hybridized carbons (Fsp3) is 0.611. The molecule has 1 aromatic rings. The highest BCUT2D eigenvalue weighted by Gasteiger charge is 2.23. The van der Waals surface area contributed by atoms with Gasteiger partial charge in [0.25, 0.3) is 5.91 Å². The molecule has 0 saturated heterocycles. The van der Waals surface area contributed by atoms with E-state index < -0.39 is 0 Å². The minimum atomic E-state index is 0.0816. The topological polar surface area (TPSA) is 29.1 Å². The number of benzene rings is 1. The van der Waals surface area contributed by atoms with E-state index in [4.69, 9.17) is 0 Å². The van der Waals surface area contributed by atoms with Gasteiger partial charge in [-0.25, -0.2) is 0 Å². The summed E-state index contributed by atoms with van der Waals surface area (Å²) in [6.45, 7) is 6.75. The third-order valence-electron chi connectivity index (χ3n) is 5.10. The molecule has 1 aromatic carbocycles. The normalized spacial score (nSPS) is 16.4. The highest BCUT2D eigenvalue weighted by Crippen LogP contribution is 2.31. The first-order chi connectivity index (χ1) is 9.59. The third kappa shape index (κ3) is 3.23. The summed E-state index contributed by atoms with van der Waals surface area (Å²) in [5, 5.41) is 3.14. The van der Waals surface area contributed by atoms with Gasteiger partial charge in [-0.15, -0.1) is 0 Å². The summed E-state index contributed by atoms with van der Waals surface area (Å²) in [5.41, 5.74) is 2.34. The standard InChI is InChI=1S/C18H27NO/c1-4-18(3,5-2)15-12-10-14(11-13-15)17(20)19-16-8-6-7-9-16/h10-13,16H,4-9H2,1-3H3,(H,19,20). The van der Waals surface area contributed by atoms with E-state index in [0.29, 0.717) is 6.04 Å². The summed E-state index contributed by atoms with van der Waals surface area (Å²) < 4.78 is 0. The SMILES string of the molecule is CCC(C)(CC)c1ccc(C(=O)NC2CCCC2)cc1. The first kappa shape index (κ1) is 15.1. The lowest BCUT2D eigenvalue weighted by Gasteiger charge is -2.27. The molecule has 0 unspecified atom stereocenters. The predicted octanol–water partition coefficient (Wildman–Crippen LogP) is 4.44.